The summed E-state index contributed by atoms with van der Waals surface area (Å²) in [6, 6.07) is 13.4. The van der Waals surface area contributed by atoms with Crippen molar-refractivity contribution in [2.45, 2.75) is 32.4 Å². The molecule has 2 aromatic carbocycles. The molecule has 1 N–H and O–H groups in total. The molecule has 9 nitrogen and oxygen atoms in total. The topological polar surface area (TPSA) is 110 Å². The molecule has 32 heavy (non-hydrogen) atoms. The number of benzene rings is 2. The van der Waals surface area contributed by atoms with Crippen LogP contribution in [0.25, 0.3) is 5.69 Å². The van der Waals surface area contributed by atoms with E-state index in [1.54, 1.807) is 22.7 Å². The molecular formula is C23H23N5O4. The van der Waals surface area contributed by atoms with Crippen LogP contribution in [0.1, 0.15) is 34.3 Å². The van der Waals surface area contributed by atoms with Gasteiger partial charge in [0.15, 0.2) is 0 Å². The van der Waals surface area contributed by atoms with Crippen LogP contribution < -0.4 is 5.32 Å². The number of nitro groups is 1. The quantitative estimate of drug-likeness (QED) is 0.475. The Labute approximate surface area is 184 Å². The van der Waals surface area contributed by atoms with Crippen molar-refractivity contribution in [2.75, 3.05) is 6.54 Å². The first-order valence-corrected chi connectivity index (χ1v) is 10.4. The summed E-state index contributed by atoms with van der Waals surface area (Å²) in [5.41, 5.74) is 2.50. The molecule has 1 unspecified atom stereocenters. The van der Waals surface area contributed by atoms with Gasteiger partial charge in [0.05, 0.1) is 16.8 Å². The number of nitro benzene ring substituents is 1. The van der Waals surface area contributed by atoms with Crippen LogP contribution >= 0.6 is 0 Å². The highest BCUT2D eigenvalue weighted by atomic mass is 16.6. The molecule has 164 valence electrons. The lowest BCUT2D eigenvalue weighted by Gasteiger charge is -2.24. The molecule has 1 fully saturated rings. The number of nitrogens with zero attached hydrogens (tertiary/aromatic N) is 4. The first-order valence-electron chi connectivity index (χ1n) is 10.4. The Hall–Kier alpha value is -4.01. The van der Waals surface area contributed by atoms with Gasteiger partial charge in [0.2, 0.25) is 5.91 Å². The van der Waals surface area contributed by atoms with E-state index < -0.39 is 11.0 Å². The molecule has 1 saturated heterocycles. The van der Waals surface area contributed by atoms with Gasteiger partial charge in [-0.3, -0.25) is 19.7 Å². The van der Waals surface area contributed by atoms with Crippen LogP contribution in [0.15, 0.2) is 60.9 Å². The van der Waals surface area contributed by atoms with Gasteiger partial charge in [-0.15, -0.1) is 0 Å². The summed E-state index contributed by atoms with van der Waals surface area (Å²) in [6.45, 7) is 2.37. The number of amides is 2. The van der Waals surface area contributed by atoms with Crippen molar-refractivity contribution >= 4 is 17.5 Å². The lowest BCUT2D eigenvalue weighted by Crippen LogP contribution is -2.45. The molecule has 1 aromatic heterocycles. The average molecular weight is 433 g/mol. The summed E-state index contributed by atoms with van der Waals surface area (Å²) in [4.78, 5) is 37.9. The molecule has 3 aromatic rings. The number of para-hydroxylation sites is 1. The third-order valence-corrected chi connectivity index (χ3v) is 5.58. The van der Waals surface area contributed by atoms with Crippen molar-refractivity contribution in [1.82, 2.24) is 20.0 Å². The van der Waals surface area contributed by atoms with Crippen molar-refractivity contribution in [1.29, 1.82) is 0 Å². The summed E-state index contributed by atoms with van der Waals surface area (Å²) in [6.07, 6.45) is 4.85. The van der Waals surface area contributed by atoms with Gasteiger partial charge in [0, 0.05) is 42.0 Å². The first kappa shape index (κ1) is 21.2. The second kappa shape index (κ2) is 9.01. The standard InChI is InChI=1S/C23H23N5O4/c1-16-12-18(9-10-20(16)28(31)32)23(30)26-11-5-8-21(26)22(29)24-13-17-14-25-27(15-17)19-6-3-2-4-7-19/h2-4,6-7,9-10,12,14-15,21H,5,8,11,13H2,1H3,(H,24,29). The van der Waals surface area contributed by atoms with Gasteiger partial charge in [-0.1, -0.05) is 18.2 Å². The van der Waals surface area contributed by atoms with E-state index in [1.807, 2.05) is 36.5 Å². The lowest BCUT2D eigenvalue weighted by molar-refractivity contribution is -0.385. The molecule has 1 atom stereocenters. The lowest BCUT2D eigenvalue weighted by atomic mass is 10.1. The molecule has 0 aliphatic carbocycles. The van der Waals surface area contributed by atoms with Crippen LogP contribution in [0, 0.1) is 17.0 Å². The highest BCUT2D eigenvalue weighted by molar-refractivity contribution is 5.98. The SMILES string of the molecule is Cc1cc(C(=O)N2CCCC2C(=O)NCc2cnn(-c3ccccc3)c2)ccc1[N+](=O)[O-]. The van der Waals surface area contributed by atoms with E-state index in [9.17, 15) is 19.7 Å². The van der Waals surface area contributed by atoms with Gasteiger partial charge in [-0.05, 0) is 44.0 Å². The molecule has 0 spiro atoms. The molecule has 0 saturated carbocycles. The Morgan fingerprint density at radius 3 is 2.72 bits per heavy atom. The number of hydrogen-bond donors (Lipinski definition) is 1. The molecule has 1 aliphatic heterocycles. The largest absolute Gasteiger partial charge is 0.350 e. The van der Waals surface area contributed by atoms with E-state index >= 15 is 0 Å². The van der Waals surface area contributed by atoms with Gasteiger partial charge < -0.3 is 10.2 Å². The molecule has 0 radical (unpaired) electrons. The van der Waals surface area contributed by atoms with Crippen LogP contribution in [0.2, 0.25) is 0 Å². The number of aryl methyl sites for hydroxylation is 1. The van der Waals surface area contributed by atoms with Crippen molar-refractivity contribution < 1.29 is 14.5 Å². The predicted octanol–water partition coefficient (Wildman–Crippen LogP) is 3.01. The van der Waals surface area contributed by atoms with E-state index in [0.717, 1.165) is 17.7 Å². The molecule has 0 bridgehead atoms. The predicted molar refractivity (Wildman–Crippen MR) is 117 cm³/mol. The number of hydrogen-bond acceptors (Lipinski definition) is 5. The summed E-state index contributed by atoms with van der Waals surface area (Å²) in [5.74, 6) is -0.514. The zero-order valence-electron chi connectivity index (χ0n) is 17.6. The monoisotopic (exact) mass is 433 g/mol. The van der Waals surface area contributed by atoms with Crippen LogP contribution in [-0.4, -0.2) is 44.0 Å². The molecule has 1 aliphatic rings. The fraction of sp³-hybridized carbons (Fsp3) is 0.261. The molecular weight excluding hydrogens is 410 g/mol. The fourth-order valence-corrected chi connectivity index (χ4v) is 3.92. The highest BCUT2D eigenvalue weighted by Crippen LogP contribution is 2.24. The van der Waals surface area contributed by atoms with E-state index in [0.29, 0.717) is 30.6 Å². The minimum Gasteiger partial charge on any atom is -0.350 e. The summed E-state index contributed by atoms with van der Waals surface area (Å²) in [5, 5.41) is 18.3. The number of carbonyl (C=O) groups excluding carboxylic acids is 2. The smallest absolute Gasteiger partial charge is 0.272 e. The van der Waals surface area contributed by atoms with E-state index in [2.05, 4.69) is 10.4 Å². The zero-order chi connectivity index (χ0) is 22.7. The van der Waals surface area contributed by atoms with Crippen molar-refractivity contribution in [2.24, 2.45) is 0 Å². The maximum atomic E-state index is 13.0. The van der Waals surface area contributed by atoms with Crippen LogP contribution in [0.4, 0.5) is 5.69 Å². The van der Waals surface area contributed by atoms with Gasteiger partial charge in [-0.25, -0.2) is 4.68 Å². The number of rotatable bonds is 6. The number of nitrogens with one attached hydrogen (secondary N) is 1. The van der Waals surface area contributed by atoms with Crippen LogP contribution in [0.3, 0.4) is 0 Å². The molecule has 2 amide bonds. The Morgan fingerprint density at radius 1 is 1.22 bits per heavy atom. The van der Waals surface area contributed by atoms with Crippen molar-refractivity contribution in [3.8, 4) is 5.69 Å². The van der Waals surface area contributed by atoms with Crippen LogP contribution in [-0.2, 0) is 11.3 Å². The Morgan fingerprint density at radius 2 is 2.00 bits per heavy atom. The van der Waals surface area contributed by atoms with E-state index in [-0.39, 0.29) is 17.5 Å². The average Bonchev–Trinajstić information content (AvgIpc) is 3.47. The summed E-state index contributed by atoms with van der Waals surface area (Å²) < 4.78 is 1.74. The number of likely N-dealkylation sites (tertiary alicyclic amines) is 1. The molecule has 9 heteroatoms. The highest BCUT2D eigenvalue weighted by Gasteiger charge is 2.34. The maximum absolute atomic E-state index is 13.0. The van der Waals surface area contributed by atoms with Gasteiger partial charge >= 0.3 is 0 Å². The van der Waals surface area contributed by atoms with Crippen LogP contribution in [0.5, 0.6) is 0 Å². The fourth-order valence-electron chi connectivity index (χ4n) is 3.92. The molecule has 4 rings (SSSR count). The van der Waals surface area contributed by atoms with Gasteiger partial charge in [0.1, 0.15) is 6.04 Å². The Bertz CT molecular complexity index is 1160. The van der Waals surface area contributed by atoms with E-state index in [1.165, 1.54) is 18.2 Å². The van der Waals surface area contributed by atoms with Crippen molar-refractivity contribution in [3.05, 3.63) is 87.7 Å². The summed E-state index contributed by atoms with van der Waals surface area (Å²) >= 11 is 0. The second-order valence-corrected chi connectivity index (χ2v) is 7.76. The van der Waals surface area contributed by atoms with Crippen molar-refractivity contribution in [3.63, 3.8) is 0 Å². The first-order chi connectivity index (χ1) is 15.4. The number of aromatic nitrogens is 2. The van der Waals surface area contributed by atoms with Gasteiger partial charge in [0.25, 0.3) is 11.6 Å². The second-order valence-electron chi connectivity index (χ2n) is 7.76. The van der Waals surface area contributed by atoms with E-state index in [4.69, 9.17) is 0 Å². The zero-order valence-corrected chi connectivity index (χ0v) is 17.6. The Balaban J connectivity index is 1.40. The minimum absolute atomic E-state index is 0.0340. The third kappa shape index (κ3) is 4.36. The normalized spacial score (nSPS) is 15.5. The molecule has 2 heterocycles. The number of carbonyl (C=O) groups is 2. The van der Waals surface area contributed by atoms with Gasteiger partial charge in [-0.2, -0.15) is 5.10 Å². The third-order valence-electron chi connectivity index (χ3n) is 5.58. The summed E-state index contributed by atoms with van der Waals surface area (Å²) in [7, 11) is 0. The maximum Gasteiger partial charge on any atom is 0.272 e. The minimum atomic E-state index is -0.567. The Kier molecular flexibility index (Phi) is 5.98.